The van der Waals surface area contributed by atoms with Gasteiger partial charge in [-0.15, -0.1) is 0 Å². The molecule has 0 aliphatic rings. The third-order valence-corrected chi connectivity index (χ3v) is 4.43. The zero-order chi connectivity index (χ0) is 16.5. The molecule has 0 radical (unpaired) electrons. The second-order valence-electron chi connectivity index (χ2n) is 5.74. The number of H-pyrrole nitrogens is 1. The minimum atomic E-state index is 0.652. The number of aryl methyl sites for hydroxylation is 1. The average molecular weight is 331 g/mol. The van der Waals surface area contributed by atoms with Gasteiger partial charge in [0.1, 0.15) is 0 Å². The minimum Gasteiger partial charge on any atom is -0.333 e. The quantitative estimate of drug-likeness (QED) is 0.482. The highest BCUT2D eigenvalue weighted by Crippen LogP contribution is 2.27. The van der Waals surface area contributed by atoms with Crippen molar-refractivity contribution in [3.63, 3.8) is 0 Å². The lowest BCUT2D eigenvalue weighted by atomic mass is 10.1. The number of rotatable bonds is 3. The standard InChI is InChI=1S/C20H17N3S/c1-14-19(16-9-3-2-4-10-16)23(20(24)21-14)22-18-13-7-11-15-8-5-6-12-17(15)18/h2-13,22H,1H3,(H,21,24). The molecular formula is C20H17N3S. The van der Waals surface area contributed by atoms with E-state index in [2.05, 4.69) is 52.9 Å². The summed E-state index contributed by atoms with van der Waals surface area (Å²) in [7, 11) is 0. The van der Waals surface area contributed by atoms with E-state index < -0.39 is 0 Å². The van der Waals surface area contributed by atoms with Crippen LogP contribution in [0.15, 0.2) is 72.8 Å². The SMILES string of the molecule is Cc1[nH]c(=S)n(Nc2cccc3ccccc23)c1-c1ccccc1. The van der Waals surface area contributed by atoms with Crippen molar-refractivity contribution in [2.24, 2.45) is 0 Å². The molecule has 0 amide bonds. The highest BCUT2D eigenvalue weighted by atomic mass is 32.1. The Morgan fingerprint density at radius 2 is 1.58 bits per heavy atom. The normalized spacial score (nSPS) is 10.9. The molecule has 0 saturated carbocycles. The van der Waals surface area contributed by atoms with Gasteiger partial charge in [-0.1, -0.05) is 66.7 Å². The van der Waals surface area contributed by atoms with Crippen LogP contribution < -0.4 is 5.43 Å². The van der Waals surface area contributed by atoms with Crippen molar-refractivity contribution in [3.8, 4) is 11.3 Å². The van der Waals surface area contributed by atoms with Gasteiger partial charge in [0.2, 0.25) is 0 Å². The smallest absolute Gasteiger partial charge is 0.197 e. The Hall–Kier alpha value is -2.85. The highest BCUT2D eigenvalue weighted by molar-refractivity contribution is 7.71. The molecule has 2 N–H and O–H groups in total. The summed E-state index contributed by atoms with van der Waals surface area (Å²) in [6.45, 7) is 2.04. The van der Waals surface area contributed by atoms with Gasteiger partial charge in [0.15, 0.2) is 4.77 Å². The maximum absolute atomic E-state index is 5.53. The summed E-state index contributed by atoms with van der Waals surface area (Å²) in [6, 6.07) is 24.8. The Morgan fingerprint density at radius 1 is 0.875 bits per heavy atom. The first-order valence-corrected chi connectivity index (χ1v) is 8.27. The van der Waals surface area contributed by atoms with Crippen molar-refractivity contribution in [2.45, 2.75) is 6.92 Å². The van der Waals surface area contributed by atoms with Crippen LogP contribution in [0.1, 0.15) is 5.69 Å². The summed E-state index contributed by atoms with van der Waals surface area (Å²) in [5, 5.41) is 2.36. The van der Waals surface area contributed by atoms with Gasteiger partial charge in [-0.05, 0) is 30.6 Å². The van der Waals surface area contributed by atoms with Crippen molar-refractivity contribution >= 4 is 28.7 Å². The molecule has 0 spiro atoms. The third kappa shape index (κ3) is 2.51. The lowest BCUT2D eigenvalue weighted by Crippen LogP contribution is -2.11. The molecule has 4 heteroatoms. The fraction of sp³-hybridized carbons (Fsp3) is 0.0500. The number of benzene rings is 3. The van der Waals surface area contributed by atoms with Crippen LogP contribution in [0.5, 0.6) is 0 Å². The Labute approximate surface area is 145 Å². The third-order valence-electron chi connectivity index (χ3n) is 4.15. The molecule has 0 atom stereocenters. The average Bonchev–Trinajstić information content (AvgIpc) is 2.89. The highest BCUT2D eigenvalue weighted by Gasteiger charge is 2.12. The van der Waals surface area contributed by atoms with Crippen LogP contribution in [0.4, 0.5) is 5.69 Å². The van der Waals surface area contributed by atoms with E-state index in [-0.39, 0.29) is 0 Å². The van der Waals surface area contributed by atoms with E-state index in [1.165, 1.54) is 10.8 Å². The summed E-state index contributed by atoms with van der Waals surface area (Å²) in [6.07, 6.45) is 0. The van der Waals surface area contributed by atoms with E-state index in [1.807, 2.05) is 41.9 Å². The van der Waals surface area contributed by atoms with Crippen molar-refractivity contribution in [2.75, 3.05) is 5.43 Å². The Morgan fingerprint density at radius 3 is 2.42 bits per heavy atom. The zero-order valence-corrected chi connectivity index (χ0v) is 14.1. The minimum absolute atomic E-state index is 0.652. The number of imidazole rings is 1. The molecule has 3 nitrogen and oxygen atoms in total. The van der Waals surface area contributed by atoms with Gasteiger partial charge in [-0.3, -0.25) is 5.43 Å². The van der Waals surface area contributed by atoms with Gasteiger partial charge < -0.3 is 4.98 Å². The largest absolute Gasteiger partial charge is 0.333 e. The molecule has 0 saturated heterocycles. The number of nitrogens with one attached hydrogen (secondary N) is 2. The Balaban J connectivity index is 1.87. The first kappa shape index (κ1) is 14.7. The van der Waals surface area contributed by atoms with E-state index in [0.29, 0.717) is 4.77 Å². The molecule has 4 rings (SSSR count). The fourth-order valence-electron chi connectivity index (χ4n) is 3.04. The number of aromatic nitrogens is 2. The molecule has 0 unspecified atom stereocenters. The molecule has 1 aromatic heterocycles. The lowest BCUT2D eigenvalue weighted by Gasteiger charge is -2.14. The van der Waals surface area contributed by atoms with Gasteiger partial charge in [0.25, 0.3) is 0 Å². The van der Waals surface area contributed by atoms with Gasteiger partial charge in [0.05, 0.1) is 11.4 Å². The fourth-order valence-corrected chi connectivity index (χ4v) is 3.33. The van der Waals surface area contributed by atoms with Gasteiger partial charge in [-0.25, -0.2) is 4.68 Å². The van der Waals surface area contributed by atoms with E-state index >= 15 is 0 Å². The lowest BCUT2D eigenvalue weighted by molar-refractivity contribution is 0.945. The molecule has 0 aliphatic heterocycles. The molecule has 1 heterocycles. The van der Waals surface area contributed by atoms with Crippen LogP contribution in [-0.2, 0) is 0 Å². The van der Waals surface area contributed by atoms with E-state index in [0.717, 1.165) is 22.6 Å². The number of hydrogen-bond donors (Lipinski definition) is 2. The molecule has 0 bridgehead atoms. The van der Waals surface area contributed by atoms with Crippen molar-refractivity contribution in [1.82, 2.24) is 9.66 Å². The summed E-state index contributed by atoms with van der Waals surface area (Å²) in [5.74, 6) is 0. The molecule has 0 fully saturated rings. The van der Waals surface area contributed by atoms with Gasteiger partial charge in [0, 0.05) is 16.6 Å². The van der Waals surface area contributed by atoms with Crippen LogP contribution in [0, 0.1) is 11.7 Å². The van der Waals surface area contributed by atoms with Crippen LogP contribution in [0.25, 0.3) is 22.0 Å². The molecule has 3 aromatic carbocycles. The predicted molar refractivity (Wildman–Crippen MR) is 103 cm³/mol. The van der Waals surface area contributed by atoms with E-state index in [1.54, 1.807) is 0 Å². The first-order valence-electron chi connectivity index (χ1n) is 7.86. The summed E-state index contributed by atoms with van der Waals surface area (Å²) in [5.41, 5.74) is 7.72. The van der Waals surface area contributed by atoms with Crippen LogP contribution in [0.2, 0.25) is 0 Å². The predicted octanol–water partition coefficient (Wildman–Crippen LogP) is 5.55. The monoisotopic (exact) mass is 331 g/mol. The van der Waals surface area contributed by atoms with Crippen LogP contribution in [0.3, 0.4) is 0 Å². The summed E-state index contributed by atoms with van der Waals surface area (Å²) < 4.78 is 2.60. The number of nitrogens with zero attached hydrogens (tertiary/aromatic N) is 1. The summed E-state index contributed by atoms with van der Waals surface area (Å²) >= 11 is 5.53. The van der Waals surface area contributed by atoms with Crippen LogP contribution in [-0.4, -0.2) is 9.66 Å². The Bertz CT molecular complexity index is 1060. The molecule has 0 aliphatic carbocycles. The van der Waals surface area contributed by atoms with Crippen LogP contribution >= 0.6 is 12.2 Å². The summed E-state index contributed by atoms with van der Waals surface area (Å²) in [4.78, 5) is 3.26. The number of fused-ring (bicyclic) bond motifs is 1. The first-order chi connectivity index (χ1) is 11.7. The number of hydrogen-bond acceptors (Lipinski definition) is 2. The number of aromatic amines is 1. The Kier molecular flexibility index (Phi) is 3.67. The van der Waals surface area contributed by atoms with E-state index in [4.69, 9.17) is 12.2 Å². The topological polar surface area (TPSA) is 32.8 Å². The second-order valence-corrected chi connectivity index (χ2v) is 6.13. The second kappa shape index (κ2) is 5.98. The maximum atomic E-state index is 5.53. The molecule has 118 valence electrons. The van der Waals surface area contributed by atoms with Crippen molar-refractivity contribution in [3.05, 3.63) is 83.3 Å². The number of anilines is 1. The van der Waals surface area contributed by atoms with Gasteiger partial charge >= 0.3 is 0 Å². The van der Waals surface area contributed by atoms with E-state index in [9.17, 15) is 0 Å². The zero-order valence-electron chi connectivity index (χ0n) is 13.3. The van der Waals surface area contributed by atoms with Gasteiger partial charge in [-0.2, -0.15) is 0 Å². The maximum Gasteiger partial charge on any atom is 0.197 e. The van der Waals surface area contributed by atoms with Crippen molar-refractivity contribution < 1.29 is 0 Å². The molecule has 24 heavy (non-hydrogen) atoms. The molecular weight excluding hydrogens is 314 g/mol. The molecule has 4 aromatic rings. The van der Waals surface area contributed by atoms with Crippen molar-refractivity contribution in [1.29, 1.82) is 0 Å².